The molecule has 216 valence electrons. The molecule has 1 amide bonds. The number of rotatable bonds is 11. The maximum absolute atomic E-state index is 12.7. The number of nitrogens with one attached hydrogen (secondary N) is 1. The Morgan fingerprint density at radius 1 is 1.10 bits per heavy atom. The highest BCUT2D eigenvalue weighted by atomic mass is 32.2. The van der Waals surface area contributed by atoms with Crippen LogP contribution >= 0.6 is 0 Å². The van der Waals surface area contributed by atoms with E-state index in [0.717, 1.165) is 36.6 Å². The van der Waals surface area contributed by atoms with Gasteiger partial charge in [-0.15, -0.1) is 0 Å². The number of aliphatic hydroxyl groups excluding tert-OH is 1. The lowest BCUT2D eigenvalue weighted by Crippen LogP contribution is -2.42. The first-order valence-electron chi connectivity index (χ1n) is 13.5. The summed E-state index contributed by atoms with van der Waals surface area (Å²) in [6.45, 7) is 5.82. The van der Waals surface area contributed by atoms with Crippen LogP contribution in [0.2, 0.25) is 0 Å². The molecule has 1 aliphatic carbocycles. The van der Waals surface area contributed by atoms with Crippen molar-refractivity contribution in [1.29, 1.82) is 0 Å². The molecule has 4 rings (SSSR count). The Morgan fingerprint density at radius 3 is 2.20 bits per heavy atom. The largest absolute Gasteiger partial charge is 0.496 e. The number of hydrogen-bond acceptors (Lipinski definition) is 6. The van der Waals surface area contributed by atoms with Crippen LogP contribution in [0.4, 0.5) is 0 Å². The minimum absolute atomic E-state index is 0.148. The second-order valence-electron chi connectivity index (χ2n) is 11.5. The SMILES string of the molecule is COc1cc([C@@H](O)[C@H](CC2Cc3ccccc3C2)Cn2ccc(C(C)(C)C(=O)NS(C)(=O)=O)c2)cc(OC)c1C. The monoisotopic (exact) mass is 568 g/mol. The van der Waals surface area contributed by atoms with Crippen LogP contribution in [-0.4, -0.2) is 44.5 Å². The molecule has 0 fully saturated rings. The summed E-state index contributed by atoms with van der Waals surface area (Å²) in [4.78, 5) is 12.7. The van der Waals surface area contributed by atoms with E-state index in [-0.39, 0.29) is 5.92 Å². The lowest BCUT2D eigenvalue weighted by Gasteiger charge is -2.28. The molecule has 1 heterocycles. The summed E-state index contributed by atoms with van der Waals surface area (Å²) in [6.07, 6.45) is 6.64. The number of nitrogens with zero attached hydrogens (tertiary/aromatic N) is 1. The minimum Gasteiger partial charge on any atom is -0.496 e. The number of amides is 1. The van der Waals surface area contributed by atoms with Gasteiger partial charge in [-0.05, 0) is 86.4 Å². The molecule has 0 aliphatic heterocycles. The van der Waals surface area contributed by atoms with Crippen LogP contribution in [0, 0.1) is 18.8 Å². The highest BCUT2D eigenvalue weighted by Gasteiger charge is 2.34. The van der Waals surface area contributed by atoms with Gasteiger partial charge in [0.25, 0.3) is 0 Å². The Kier molecular flexibility index (Phi) is 8.66. The molecular weight excluding hydrogens is 528 g/mol. The lowest BCUT2D eigenvalue weighted by atomic mass is 9.85. The molecule has 1 aromatic heterocycles. The van der Waals surface area contributed by atoms with Gasteiger partial charge < -0.3 is 19.1 Å². The van der Waals surface area contributed by atoms with Crippen molar-refractivity contribution >= 4 is 15.9 Å². The van der Waals surface area contributed by atoms with Crippen LogP contribution in [0.3, 0.4) is 0 Å². The van der Waals surface area contributed by atoms with Crippen molar-refractivity contribution in [2.24, 2.45) is 11.8 Å². The molecule has 8 nitrogen and oxygen atoms in total. The summed E-state index contributed by atoms with van der Waals surface area (Å²) in [7, 11) is -0.469. The summed E-state index contributed by atoms with van der Waals surface area (Å²) in [5.74, 6) is 0.958. The van der Waals surface area contributed by atoms with Crippen LogP contribution < -0.4 is 14.2 Å². The Labute approximate surface area is 237 Å². The van der Waals surface area contributed by atoms with E-state index < -0.39 is 27.4 Å². The third kappa shape index (κ3) is 6.53. The maximum atomic E-state index is 12.7. The molecule has 0 bridgehead atoms. The van der Waals surface area contributed by atoms with E-state index in [9.17, 15) is 18.3 Å². The fraction of sp³-hybridized carbons (Fsp3) is 0.452. The lowest BCUT2D eigenvalue weighted by molar-refractivity contribution is -0.123. The fourth-order valence-corrected chi connectivity index (χ4v) is 6.31. The Balaban J connectivity index is 1.62. The number of benzene rings is 2. The van der Waals surface area contributed by atoms with Crippen molar-refractivity contribution in [3.05, 3.63) is 82.7 Å². The molecule has 0 unspecified atom stereocenters. The second-order valence-corrected chi connectivity index (χ2v) is 13.2. The van der Waals surface area contributed by atoms with Gasteiger partial charge in [-0.25, -0.2) is 8.42 Å². The Bertz CT molecular complexity index is 1430. The number of carbonyl (C=O) groups is 1. The van der Waals surface area contributed by atoms with Crippen LogP contribution in [0.5, 0.6) is 11.5 Å². The maximum Gasteiger partial charge on any atom is 0.243 e. The molecule has 0 spiro atoms. The highest BCUT2D eigenvalue weighted by Crippen LogP contribution is 2.39. The van der Waals surface area contributed by atoms with Crippen molar-refractivity contribution in [3.63, 3.8) is 0 Å². The third-order valence-electron chi connectivity index (χ3n) is 8.10. The number of methoxy groups -OCH3 is 2. The first-order valence-corrected chi connectivity index (χ1v) is 15.4. The topological polar surface area (TPSA) is 107 Å². The zero-order chi connectivity index (χ0) is 29.2. The van der Waals surface area contributed by atoms with Gasteiger partial charge in [0.05, 0.1) is 32.0 Å². The zero-order valence-corrected chi connectivity index (χ0v) is 24.9. The van der Waals surface area contributed by atoms with E-state index >= 15 is 0 Å². The van der Waals surface area contributed by atoms with Crippen molar-refractivity contribution in [3.8, 4) is 11.5 Å². The quantitative estimate of drug-likeness (QED) is 0.357. The summed E-state index contributed by atoms with van der Waals surface area (Å²) in [5.41, 5.74) is 3.94. The molecule has 40 heavy (non-hydrogen) atoms. The summed E-state index contributed by atoms with van der Waals surface area (Å²) in [6, 6.07) is 14.1. The van der Waals surface area contributed by atoms with Crippen LogP contribution in [-0.2, 0) is 39.6 Å². The van der Waals surface area contributed by atoms with E-state index in [1.165, 1.54) is 11.1 Å². The van der Waals surface area contributed by atoms with Gasteiger partial charge in [-0.2, -0.15) is 0 Å². The molecule has 0 saturated carbocycles. The van der Waals surface area contributed by atoms with Crippen LogP contribution in [0.1, 0.15) is 54.2 Å². The van der Waals surface area contributed by atoms with E-state index in [0.29, 0.717) is 29.5 Å². The van der Waals surface area contributed by atoms with Gasteiger partial charge in [0.1, 0.15) is 11.5 Å². The van der Waals surface area contributed by atoms with Crippen molar-refractivity contribution in [2.75, 3.05) is 20.5 Å². The van der Waals surface area contributed by atoms with Gasteiger partial charge in [0, 0.05) is 30.4 Å². The molecule has 1 aliphatic rings. The number of hydrogen-bond donors (Lipinski definition) is 2. The second kappa shape index (κ2) is 11.7. The van der Waals surface area contributed by atoms with E-state index in [1.807, 2.05) is 42.1 Å². The van der Waals surface area contributed by atoms with E-state index in [2.05, 4.69) is 29.0 Å². The number of aromatic nitrogens is 1. The number of fused-ring (bicyclic) bond motifs is 1. The molecule has 0 saturated heterocycles. The van der Waals surface area contributed by atoms with Gasteiger partial charge in [-0.3, -0.25) is 9.52 Å². The first kappa shape index (κ1) is 29.7. The normalized spacial score (nSPS) is 15.4. The summed E-state index contributed by atoms with van der Waals surface area (Å²) >= 11 is 0. The average molecular weight is 569 g/mol. The molecule has 9 heteroatoms. The predicted molar refractivity (Wildman–Crippen MR) is 155 cm³/mol. The van der Waals surface area contributed by atoms with Crippen LogP contribution in [0.15, 0.2) is 54.9 Å². The average Bonchev–Trinajstić information content (AvgIpc) is 3.54. The van der Waals surface area contributed by atoms with Gasteiger partial charge in [0.15, 0.2) is 0 Å². The molecule has 0 radical (unpaired) electrons. The predicted octanol–water partition coefficient (Wildman–Crippen LogP) is 4.32. The van der Waals surface area contributed by atoms with Crippen LogP contribution in [0.25, 0.3) is 0 Å². The Hall–Kier alpha value is -3.30. The number of carbonyl (C=O) groups excluding carboxylic acids is 1. The van der Waals surface area contributed by atoms with Crippen molar-refractivity contribution in [1.82, 2.24) is 9.29 Å². The summed E-state index contributed by atoms with van der Waals surface area (Å²) < 4.78 is 38.5. The fourth-order valence-electron chi connectivity index (χ4n) is 5.72. The van der Waals surface area contributed by atoms with Crippen molar-refractivity contribution < 1.29 is 27.8 Å². The van der Waals surface area contributed by atoms with E-state index in [1.54, 1.807) is 28.1 Å². The van der Waals surface area contributed by atoms with Gasteiger partial charge in [0.2, 0.25) is 15.9 Å². The number of aliphatic hydroxyl groups is 1. The van der Waals surface area contributed by atoms with E-state index in [4.69, 9.17) is 9.47 Å². The molecule has 2 aromatic carbocycles. The van der Waals surface area contributed by atoms with Gasteiger partial charge >= 0.3 is 0 Å². The molecule has 2 atom stereocenters. The molecule has 2 N–H and O–H groups in total. The number of sulfonamides is 1. The van der Waals surface area contributed by atoms with Gasteiger partial charge in [-0.1, -0.05) is 24.3 Å². The minimum atomic E-state index is -3.68. The number of ether oxygens (including phenoxy) is 2. The third-order valence-corrected chi connectivity index (χ3v) is 8.65. The standard InChI is InChI=1S/C31H40N2O6S/c1-20-27(38-4)16-24(17-28(20)39-5)29(34)25(15-21-13-22-9-7-8-10-23(22)14-21)18-33-12-11-26(19-33)31(2,3)30(35)32-40(6,36)37/h7-12,16-17,19,21,25,29,34H,13-15,18H2,1-6H3,(H,32,35)/t25-,29-/m1/s1. The summed E-state index contributed by atoms with van der Waals surface area (Å²) in [5, 5.41) is 11.8. The zero-order valence-electron chi connectivity index (χ0n) is 24.1. The first-order chi connectivity index (χ1) is 18.8. The smallest absolute Gasteiger partial charge is 0.243 e. The molecule has 3 aromatic rings. The Morgan fingerprint density at radius 2 is 1.68 bits per heavy atom. The molecular formula is C31H40N2O6S. The van der Waals surface area contributed by atoms with Crippen molar-refractivity contribution in [2.45, 2.75) is 58.1 Å². The highest BCUT2D eigenvalue weighted by molar-refractivity contribution is 7.89.